The molecule has 11 heteroatoms. The monoisotopic (exact) mass is 289 g/mol. The highest BCUT2D eigenvalue weighted by molar-refractivity contribution is 6.06. The van der Waals surface area contributed by atoms with Gasteiger partial charge in [0.15, 0.2) is 0 Å². The van der Waals surface area contributed by atoms with Gasteiger partial charge in [0.2, 0.25) is 5.78 Å². The van der Waals surface area contributed by atoms with Gasteiger partial charge in [-0.1, -0.05) is 0 Å². The van der Waals surface area contributed by atoms with Crippen molar-refractivity contribution < 1.29 is 44.3 Å². The Hall–Kier alpha value is -1.29. The Kier molecular flexibility index (Phi) is 4.77. The molecule has 0 amide bonds. The van der Waals surface area contributed by atoms with Crippen LogP contribution >= 0.6 is 0 Å². The minimum Gasteiger partial charge on any atom is -0.289 e. The summed E-state index contributed by atoms with van der Waals surface area (Å²) in [6.45, 7) is -2.31. The lowest BCUT2D eigenvalue weighted by Crippen LogP contribution is -2.33. The van der Waals surface area contributed by atoms with Crippen LogP contribution in [0.1, 0.15) is 6.42 Å². The van der Waals surface area contributed by atoms with Gasteiger partial charge in [-0.25, -0.2) is 0 Å². The minimum atomic E-state index is -5.57. The summed E-state index contributed by atoms with van der Waals surface area (Å²) in [6, 6.07) is 0. The third-order valence-corrected chi connectivity index (χ3v) is 1.42. The SMILES string of the molecule is O=C(C/C(=N\CC(F)(F)F)C(F)(F)F)C(F)(F)F. The Morgan fingerprint density at radius 1 is 0.833 bits per heavy atom. The largest absolute Gasteiger partial charge is 0.450 e. The van der Waals surface area contributed by atoms with Crippen LogP contribution in [0.4, 0.5) is 39.5 Å². The Bertz CT molecular complexity index is 334. The van der Waals surface area contributed by atoms with Gasteiger partial charge in [-0.2, -0.15) is 39.5 Å². The number of aliphatic imine (C=N–C) groups is 1. The molecule has 0 bridgehead atoms. The molecule has 18 heavy (non-hydrogen) atoms. The first-order valence-electron chi connectivity index (χ1n) is 4.01. The third kappa shape index (κ3) is 6.45. The summed E-state index contributed by atoms with van der Waals surface area (Å²) in [4.78, 5) is 12.2. The minimum absolute atomic E-state index is 1.97. The summed E-state index contributed by atoms with van der Waals surface area (Å²) in [6.07, 6.45) is -18.5. The van der Waals surface area contributed by atoms with Crippen molar-refractivity contribution in [3.8, 4) is 0 Å². The van der Waals surface area contributed by atoms with Crippen LogP contribution in [0.15, 0.2) is 4.99 Å². The van der Waals surface area contributed by atoms with Gasteiger partial charge in [0.05, 0.1) is 6.42 Å². The average molecular weight is 289 g/mol. The van der Waals surface area contributed by atoms with E-state index in [1.54, 1.807) is 0 Å². The summed E-state index contributed by atoms with van der Waals surface area (Å²) in [5.74, 6) is -2.82. The lowest BCUT2D eigenvalue weighted by Gasteiger charge is -2.12. The number of rotatable bonds is 3. The lowest BCUT2D eigenvalue weighted by molar-refractivity contribution is -0.170. The summed E-state index contributed by atoms with van der Waals surface area (Å²) in [5.41, 5.74) is -2.41. The van der Waals surface area contributed by atoms with Crippen LogP contribution in [0, 0.1) is 0 Å². The number of carbonyl (C=O) groups is 1. The van der Waals surface area contributed by atoms with E-state index in [-0.39, 0.29) is 0 Å². The van der Waals surface area contributed by atoms with Crippen LogP contribution in [-0.4, -0.2) is 36.6 Å². The van der Waals surface area contributed by atoms with Gasteiger partial charge in [-0.3, -0.25) is 9.79 Å². The fourth-order valence-electron chi connectivity index (χ4n) is 0.683. The molecule has 0 aliphatic rings. The first-order chi connectivity index (χ1) is 7.73. The molecule has 0 aromatic rings. The predicted octanol–water partition coefficient (Wildman–Crippen LogP) is 3.07. The topological polar surface area (TPSA) is 29.4 Å². The van der Waals surface area contributed by atoms with Gasteiger partial charge < -0.3 is 0 Å². The van der Waals surface area contributed by atoms with E-state index in [9.17, 15) is 44.3 Å². The molecule has 0 atom stereocenters. The molecule has 0 saturated heterocycles. The number of carbonyl (C=O) groups excluding carboxylic acids is 1. The van der Waals surface area contributed by atoms with Crippen LogP contribution < -0.4 is 0 Å². The van der Waals surface area contributed by atoms with Gasteiger partial charge in [0, 0.05) is 0 Å². The molecule has 0 heterocycles. The molecule has 0 aromatic carbocycles. The number of nitrogens with zero attached hydrogens (tertiary/aromatic N) is 1. The summed E-state index contributed by atoms with van der Waals surface area (Å²) >= 11 is 0. The number of hydrogen-bond acceptors (Lipinski definition) is 2. The number of hydrogen-bond donors (Lipinski definition) is 0. The highest BCUT2D eigenvalue weighted by Crippen LogP contribution is 2.25. The molecule has 0 aromatic heterocycles. The second-order valence-corrected chi connectivity index (χ2v) is 2.97. The zero-order valence-electron chi connectivity index (χ0n) is 8.17. The van der Waals surface area contributed by atoms with Crippen LogP contribution in [0.3, 0.4) is 0 Å². The van der Waals surface area contributed by atoms with Crippen molar-refractivity contribution in [2.24, 2.45) is 4.99 Å². The summed E-state index contributed by atoms with van der Waals surface area (Å²) in [5, 5.41) is 0. The number of alkyl halides is 9. The smallest absolute Gasteiger partial charge is 0.289 e. The molecule has 2 nitrogen and oxygen atoms in total. The second kappa shape index (κ2) is 5.14. The van der Waals surface area contributed by atoms with Crippen molar-refractivity contribution >= 4 is 11.5 Å². The Morgan fingerprint density at radius 3 is 1.56 bits per heavy atom. The molecule has 0 aliphatic heterocycles. The van der Waals surface area contributed by atoms with Crippen LogP contribution in [0.5, 0.6) is 0 Å². The highest BCUT2D eigenvalue weighted by Gasteiger charge is 2.45. The normalized spacial score (nSPS) is 14.8. The zero-order valence-corrected chi connectivity index (χ0v) is 8.17. The molecule has 0 N–H and O–H groups in total. The van der Waals surface area contributed by atoms with Crippen molar-refractivity contribution in [2.45, 2.75) is 24.9 Å². The second-order valence-electron chi connectivity index (χ2n) is 2.97. The average Bonchev–Trinajstić information content (AvgIpc) is 2.06. The Labute approximate surface area is 93.5 Å². The van der Waals surface area contributed by atoms with Gasteiger partial charge in [0.1, 0.15) is 12.3 Å². The van der Waals surface area contributed by atoms with Crippen LogP contribution in [-0.2, 0) is 4.79 Å². The van der Waals surface area contributed by atoms with Gasteiger partial charge >= 0.3 is 18.5 Å². The molecule has 0 fully saturated rings. The Morgan fingerprint density at radius 2 is 1.28 bits per heavy atom. The standard InChI is InChI=1S/C7H4F9NO/c8-5(9,10)2-17-3(6(11,12)13)1-4(18)7(14,15)16/h1-2H2/b17-3+. The molecular weight excluding hydrogens is 285 g/mol. The number of Topliss-reactive ketones (excluding diaryl/α,β-unsaturated/α-hetero) is 1. The number of ketones is 1. The zero-order chi connectivity index (χ0) is 14.8. The van der Waals surface area contributed by atoms with Crippen molar-refractivity contribution in [3.63, 3.8) is 0 Å². The van der Waals surface area contributed by atoms with Crippen LogP contribution in [0.25, 0.3) is 0 Å². The molecule has 106 valence electrons. The van der Waals surface area contributed by atoms with Crippen molar-refractivity contribution in [1.29, 1.82) is 0 Å². The lowest BCUT2D eigenvalue weighted by atomic mass is 10.2. The quantitative estimate of drug-likeness (QED) is 0.580. The first kappa shape index (κ1) is 16.7. The fraction of sp³-hybridized carbons (Fsp3) is 0.714. The molecule has 0 unspecified atom stereocenters. The van der Waals surface area contributed by atoms with Gasteiger partial charge in [-0.15, -0.1) is 0 Å². The van der Waals surface area contributed by atoms with Gasteiger partial charge in [-0.05, 0) is 0 Å². The summed E-state index contributed by atoms with van der Waals surface area (Å²) in [7, 11) is 0. The third-order valence-electron chi connectivity index (χ3n) is 1.42. The van der Waals surface area contributed by atoms with E-state index in [2.05, 4.69) is 0 Å². The van der Waals surface area contributed by atoms with Crippen molar-refractivity contribution in [1.82, 2.24) is 0 Å². The molecule has 0 spiro atoms. The molecule has 0 aliphatic carbocycles. The van der Waals surface area contributed by atoms with E-state index < -0.39 is 43.0 Å². The molecule has 0 saturated carbocycles. The maximum Gasteiger partial charge on any atom is 0.450 e. The molecule has 0 rings (SSSR count). The fourth-order valence-corrected chi connectivity index (χ4v) is 0.683. The van der Waals surface area contributed by atoms with Crippen LogP contribution in [0.2, 0.25) is 0 Å². The van der Waals surface area contributed by atoms with E-state index in [4.69, 9.17) is 0 Å². The van der Waals surface area contributed by atoms with E-state index in [1.807, 2.05) is 4.99 Å². The van der Waals surface area contributed by atoms with E-state index in [0.29, 0.717) is 0 Å². The van der Waals surface area contributed by atoms with E-state index in [0.717, 1.165) is 0 Å². The molecule has 0 radical (unpaired) electrons. The highest BCUT2D eigenvalue weighted by atomic mass is 19.4. The maximum absolute atomic E-state index is 12.0. The Balaban J connectivity index is 5.00. The number of halogens is 9. The van der Waals surface area contributed by atoms with E-state index >= 15 is 0 Å². The predicted molar refractivity (Wildman–Crippen MR) is 40.1 cm³/mol. The molecular formula is C7H4F9NO. The van der Waals surface area contributed by atoms with E-state index in [1.165, 1.54) is 0 Å². The van der Waals surface area contributed by atoms with Crippen molar-refractivity contribution in [3.05, 3.63) is 0 Å². The van der Waals surface area contributed by atoms with Gasteiger partial charge in [0.25, 0.3) is 0 Å². The summed E-state index contributed by atoms with van der Waals surface area (Å²) < 4.78 is 106. The van der Waals surface area contributed by atoms with Crippen molar-refractivity contribution in [2.75, 3.05) is 6.54 Å². The first-order valence-corrected chi connectivity index (χ1v) is 4.01. The maximum atomic E-state index is 12.0.